The van der Waals surface area contributed by atoms with Gasteiger partial charge in [0.05, 0.1) is 6.10 Å². The van der Waals surface area contributed by atoms with Crippen LogP contribution in [0.1, 0.15) is 26.5 Å². The molecule has 3 nitrogen and oxygen atoms in total. The lowest BCUT2D eigenvalue weighted by molar-refractivity contribution is 0.0334. The number of aromatic nitrogens is 1. The maximum atomic E-state index is 5.61. The molecule has 0 radical (unpaired) electrons. The first kappa shape index (κ1) is 14.1. The van der Waals surface area contributed by atoms with E-state index in [4.69, 9.17) is 4.74 Å². The van der Waals surface area contributed by atoms with E-state index in [1.807, 2.05) is 18.3 Å². The molecule has 0 aliphatic heterocycles. The highest BCUT2D eigenvalue weighted by Crippen LogP contribution is 2.14. The molecule has 1 aromatic heterocycles. The van der Waals surface area contributed by atoms with E-state index in [0.717, 1.165) is 18.7 Å². The molecule has 0 fully saturated rings. The third-order valence-electron chi connectivity index (χ3n) is 2.95. The number of likely N-dealkylation sites (N-methyl/N-ethyl adjacent to an activating group) is 1. The molecule has 0 aliphatic carbocycles. The highest BCUT2D eigenvalue weighted by molar-refractivity contribution is 5.06. The molecular formula is C14H24N2O. The predicted octanol–water partition coefficient (Wildman–Crippen LogP) is 2.27. The zero-order valence-corrected chi connectivity index (χ0v) is 11.3. The zero-order chi connectivity index (χ0) is 12.7. The lowest BCUT2D eigenvalue weighted by atomic mass is 9.95. The van der Waals surface area contributed by atoms with E-state index in [2.05, 4.69) is 37.1 Å². The summed E-state index contributed by atoms with van der Waals surface area (Å²) >= 11 is 0. The van der Waals surface area contributed by atoms with Crippen LogP contribution in [0.5, 0.6) is 0 Å². The van der Waals surface area contributed by atoms with Gasteiger partial charge in [0.2, 0.25) is 0 Å². The van der Waals surface area contributed by atoms with Gasteiger partial charge in [0.1, 0.15) is 0 Å². The number of methoxy groups -OCH3 is 1. The van der Waals surface area contributed by atoms with Crippen LogP contribution in [0.3, 0.4) is 0 Å². The highest BCUT2D eigenvalue weighted by atomic mass is 16.5. The number of nitrogens with one attached hydrogen (secondary N) is 1. The third-order valence-corrected chi connectivity index (χ3v) is 2.95. The molecule has 0 saturated heterocycles. The third kappa shape index (κ3) is 4.44. The average molecular weight is 236 g/mol. The van der Waals surface area contributed by atoms with Crippen molar-refractivity contribution in [2.45, 2.75) is 39.3 Å². The van der Waals surface area contributed by atoms with Crippen LogP contribution in [0.15, 0.2) is 24.4 Å². The summed E-state index contributed by atoms with van der Waals surface area (Å²) in [7, 11) is 1.79. The smallest absolute Gasteiger partial charge is 0.0750 e. The number of pyridine rings is 1. The van der Waals surface area contributed by atoms with Gasteiger partial charge in [0.15, 0.2) is 0 Å². The molecule has 0 saturated carbocycles. The normalized spacial score (nSPS) is 14.9. The molecule has 96 valence electrons. The van der Waals surface area contributed by atoms with Crippen LogP contribution in [0.4, 0.5) is 0 Å². The van der Waals surface area contributed by atoms with Gasteiger partial charge in [-0.05, 0) is 24.6 Å². The van der Waals surface area contributed by atoms with Crippen molar-refractivity contribution in [3.05, 3.63) is 30.1 Å². The van der Waals surface area contributed by atoms with Gasteiger partial charge in [-0.15, -0.1) is 0 Å². The van der Waals surface area contributed by atoms with Gasteiger partial charge in [0, 0.05) is 31.5 Å². The Morgan fingerprint density at radius 2 is 2.12 bits per heavy atom. The molecule has 0 bridgehead atoms. The van der Waals surface area contributed by atoms with Gasteiger partial charge in [-0.25, -0.2) is 0 Å². The molecule has 1 rings (SSSR count). The van der Waals surface area contributed by atoms with Crippen molar-refractivity contribution in [1.29, 1.82) is 0 Å². The Bertz CT molecular complexity index is 300. The maximum Gasteiger partial charge on any atom is 0.0750 e. The van der Waals surface area contributed by atoms with Crippen molar-refractivity contribution in [3.63, 3.8) is 0 Å². The fourth-order valence-electron chi connectivity index (χ4n) is 2.21. The number of ether oxygens (including phenoxy) is 1. The molecule has 1 heterocycles. The second-order valence-corrected chi connectivity index (χ2v) is 4.63. The number of hydrogen-bond acceptors (Lipinski definition) is 3. The quantitative estimate of drug-likeness (QED) is 0.788. The minimum absolute atomic E-state index is 0.219. The molecule has 17 heavy (non-hydrogen) atoms. The molecule has 0 aromatic carbocycles. The first-order chi connectivity index (χ1) is 8.19. The minimum Gasteiger partial charge on any atom is -0.380 e. The first-order valence-corrected chi connectivity index (χ1v) is 6.35. The van der Waals surface area contributed by atoms with Crippen LogP contribution in [-0.4, -0.2) is 30.8 Å². The van der Waals surface area contributed by atoms with Gasteiger partial charge >= 0.3 is 0 Å². The zero-order valence-electron chi connectivity index (χ0n) is 11.3. The molecule has 3 heteroatoms. The Kier molecular flexibility index (Phi) is 6.16. The molecule has 2 atom stereocenters. The molecule has 0 amide bonds. The van der Waals surface area contributed by atoms with E-state index in [0.29, 0.717) is 12.0 Å². The van der Waals surface area contributed by atoms with Gasteiger partial charge in [0.25, 0.3) is 0 Å². The summed E-state index contributed by atoms with van der Waals surface area (Å²) in [5.41, 5.74) is 1.11. The van der Waals surface area contributed by atoms with Crippen LogP contribution in [0.2, 0.25) is 0 Å². The van der Waals surface area contributed by atoms with Gasteiger partial charge in [-0.3, -0.25) is 4.98 Å². The summed E-state index contributed by atoms with van der Waals surface area (Å²) < 4.78 is 5.61. The van der Waals surface area contributed by atoms with Crippen molar-refractivity contribution in [2.75, 3.05) is 13.7 Å². The standard InChI is InChI=1S/C14H24N2O/c1-5-15-13(14(17-4)11(2)3)10-12-8-6-7-9-16-12/h6-9,11,13-15H,5,10H2,1-4H3. The summed E-state index contributed by atoms with van der Waals surface area (Å²) in [5, 5.41) is 3.50. The largest absolute Gasteiger partial charge is 0.380 e. The van der Waals surface area contributed by atoms with E-state index in [1.54, 1.807) is 7.11 Å². The van der Waals surface area contributed by atoms with Crippen LogP contribution in [-0.2, 0) is 11.2 Å². The van der Waals surface area contributed by atoms with Gasteiger partial charge in [-0.2, -0.15) is 0 Å². The number of nitrogens with zero attached hydrogens (tertiary/aromatic N) is 1. The van der Waals surface area contributed by atoms with Crippen LogP contribution in [0, 0.1) is 5.92 Å². The fraction of sp³-hybridized carbons (Fsp3) is 0.643. The summed E-state index contributed by atoms with van der Waals surface area (Å²) in [4.78, 5) is 4.38. The minimum atomic E-state index is 0.219. The van der Waals surface area contributed by atoms with Crippen molar-refractivity contribution in [1.82, 2.24) is 10.3 Å². The monoisotopic (exact) mass is 236 g/mol. The second-order valence-electron chi connectivity index (χ2n) is 4.63. The lowest BCUT2D eigenvalue weighted by Gasteiger charge is -2.29. The van der Waals surface area contributed by atoms with E-state index < -0.39 is 0 Å². The number of hydrogen-bond donors (Lipinski definition) is 1. The molecule has 0 spiro atoms. The fourth-order valence-corrected chi connectivity index (χ4v) is 2.21. The van der Waals surface area contributed by atoms with Gasteiger partial charge in [-0.1, -0.05) is 26.8 Å². The molecular weight excluding hydrogens is 212 g/mol. The second kappa shape index (κ2) is 7.41. The lowest BCUT2D eigenvalue weighted by Crippen LogP contribution is -2.45. The Balaban J connectivity index is 2.71. The Morgan fingerprint density at radius 3 is 2.59 bits per heavy atom. The molecule has 1 N–H and O–H groups in total. The number of rotatable bonds is 7. The first-order valence-electron chi connectivity index (χ1n) is 6.35. The van der Waals surface area contributed by atoms with Crippen LogP contribution < -0.4 is 5.32 Å². The van der Waals surface area contributed by atoms with E-state index in [-0.39, 0.29) is 6.10 Å². The summed E-state index contributed by atoms with van der Waals surface area (Å²) in [6, 6.07) is 6.36. The maximum absolute atomic E-state index is 5.61. The summed E-state index contributed by atoms with van der Waals surface area (Å²) in [5.74, 6) is 0.493. The van der Waals surface area contributed by atoms with Crippen molar-refractivity contribution < 1.29 is 4.74 Å². The van der Waals surface area contributed by atoms with E-state index in [1.165, 1.54) is 0 Å². The Morgan fingerprint density at radius 1 is 1.35 bits per heavy atom. The Labute approximate surface area is 105 Å². The van der Waals surface area contributed by atoms with Crippen molar-refractivity contribution >= 4 is 0 Å². The topological polar surface area (TPSA) is 34.2 Å². The van der Waals surface area contributed by atoms with Crippen molar-refractivity contribution in [2.24, 2.45) is 5.92 Å². The SMILES string of the molecule is CCNC(Cc1ccccn1)C(OC)C(C)C. The molecule has 0 aliphatic rings. The van der Waals surface area contributed by atoms with Gasteiger partial charge < -0.3 is 10.1 Å². The average Bonchev–Trinajstić information content (AvgIpc) is 2.31. The highest BCUT2D eigenvalue weighted by Gasteiger charge is 2.24. The molecule has 2 unspecified atom stereocenters. The Hall–Kier alpha value is -0.930. The predicted molar refractivity (Wildman–Crippen MR) is 71.0 cm³/mol. The van der Waals surface area contributed by atoms with Crippen LogP contribution >= 0.6 is 0 Å². The van der Waals surface area contributed by atoms with Crippen LogP contribution in [0.25, 0.3) is 0 Å². The molecule has 1 aromatic rings. The van der Waals surface area contributed by atoms with E-state index >= 15 is 0 Å². The van der Waals surface area contributed by atoms with Crippen molar-refractivity contribution in [3.8, 4) is 0 Å². The van der Waals surface area contributed by atoms with E-state index in [9.17, 15) is 0 Å². The summed E-state index contributed by atoms with van der Waals surface area (Å²) in [6.07, 6.45) is 2.97. The summed E-state index contributed by atoms with van der Waals surface area (Å²) in [6.45, 7) is 7.45.